The van der Waals surface area contributed by atoms with Gasteiger partial charge in [0.25, 0.3) is 0 Å². The summed E-state index contributed by atoms with van der Waals surface area (Å²) < 4.78 is 0. The van der Waals surface area contributed by atoms with Crippen LogP contribution in [0.25, 0.3) is 78.7 Å². The van der Waals surface area contributed by atoms with Gasteiger partial charge in [-0.05, 0) is 73.8 Å². The molecule has 2 aromatic heterocycles. The first-order chi connectivity index (χ1) is 25.0. The van der Waals surface area contributed by atoms with Gasteiger partial charge < -0.3 is 0 Å². The van der Waals surface area contributed by atoms with Gasteiger partial charge in [-0.1, -0.05) is 153 Å². The molecule has 4 heteroatoms. The van der Waals surface area contributed by atoms with E-state index in [9.17, 15) is 0 Å². The Morgan fingerprint density at radius 3 is 1.27 bits per heavy atom. The first kappa shape index (κ1) is 30.5. The second kappa shape index (κ2) is 12.4. The van der Waals surface area contributed by atoms with Crippen LogP contribution in [0.15, 0.2) is 170 Å². The van der Waals surface area contributed by atoms with Crippen LogP contribution in [0.2, 0.25) is 0 Å². The highest BCUT2D eigenvalue weighted by Gasteiger charge is 2.35. The van der Waals surface area contributed by atoms with Crippen molar-refractivity contribution in [2.75, 3.05) is 0 Å². The molecule has 0 atom stereocenters. The predicted octanol–water partition coefficient (Wildman–Crippen LogP) is 11.6. The molecule has 0 saturated heterocycles. The molecule has 0 aliphatic heterocycles. The van der Waals surface area contributed by atoms with E-state index in [1.165, 1.54) is 33.4 Å². The van der Waals surface area contributed by atoms with Crippen LogP contribution in [0.1, 0.15) is 25.0 Å². The molecule has 6 aromatic carbocycles. The number of hydrogen-bond donors (Lipinski definition) is 0. The Morgan fingerprint density at radius 2 is 0.725 bits per heavy atom. The average molecular weight is 655 g/mol. The smallest absolute Gasteiger partial charge is 0.164 e. The molecule has 1 aliphatic carbocycles. The first-order valence-electron chi connectivity index (χ1n) is 17.3. The Bertz CT molecular complexity index is 2500. The molecular formula is C47H34N4. The third-order valence-corrected chi connectivity index (χ3v) is 10.1. The van der Waals surface area contributed by atoms with Crippen LogP contribution < -0.4 is 0 Å². The van der Waals surface area contributed by atoms with E-state index in [1.807, 2.05) is 54.9 Å². The van der Waals surface area contributed by atoms with Gasteiger partial charge in [-0.2, -0.15) is 0 Å². The molecule has 242 valence electrons. The summed E-state index contributed by atoms with van der Waals surface area (Å²) in [4.78, 5) is 18.9. The van der Waals surface area contributed by atoms with Gasteiger partial charge in [-0.15, -0.1) is 0 Å². The van der Waals surface area contributed by atoms with Crippen LogP contribution in [0.5, 0.6) is 0 Å². The molecule has 1 aliphatic rings. The number of benzene rings is 6. The zero-order chi connectivity index (χ0) is 34.4. The summed E-state index contributed by atoms with van der Waals surface area (Å²) in [6, 6.07) is 55.5. The second-order valence-electron chi connectivity index (χ2n) is 13.6. The zero-order valence-electron chi connectivity index (χ0n) is 28.5. The molecule has 4 nitrogen and oxygen atoms in total. The largest absolute Gasteiger partial charge is 0.265 e. The van der Waals surface area contributed by atoms with E-state index in [0.29, 0.717) is 17.5 Å². The van der Waals surface area contributed by atoms with Crippen molar-refractivity contribution < 1.29 is 0 Å². The Hall–Kier alpha value is -6.52. The second-order valence-corrected chi connectivity index (χ2v) is 13.6. The fraction of sp³-hybridized carbons (Fsp3) is 0.0638. The van der Waals surface area contributed by atoms with E-state index < -0.39 is 0 Å². The first-order valence-corrected chi connectivity index (χ1v) is 17.3. The van der Waals surface area contributed by atoms with Crippen LogP contribution in [-0.4, -0.2) is 19.9 Å². The molecular weight excluding hydrogens is 621 g/mol. The molecule has 0 spiro atoms. The minimum Gasteiger partial charge on any atom is -0.265 e. The summed E-state index contributed by atoms with van der Waals surface area (Å²) in [7, 11) is 0. The molecule has 0 unspecified atom stereocenters. The van der Waals surface area contributed by atoms with Crippen molar-refractivity contribution in [3.8, 4) is 78.7 Å². The Balaban J connectivity index is 1.01. The van der Waals surface area contributed by atoms with Crippen molar-refractivity contribution in [1.29, 1.82) is 0 Å². The Kier molecular flexibility index (Phi) is 7.44. The van der Waals surface area contributed by atoms with Crippen molar-refractivity contribution >= 4 is 0 Å². The lowest BCUT2D eigenvalue weighted by atomic mass is 9.81. The van der Waals surface area contributed by atoms with E-state index in [-0.39, 0.29) is 5.41 Å². The SMILES string of the molecule is CC1(C)c2ccccc2-c2ccc(-c3ccc(-c4ccc(-c5nc(-c6ccccc6)nc(-c6ccc(-c7ccncc7)cc6)n5)cc4)cc3)cc21. The Morgan fingerprint density at radius 1 is 0.333 bits per heavy atom. The van der Waals surface area contributed by atoms with Gasteiger partial charge in [0.2, 0.25) is 0 Å². The predicted molar refractivity (Wildman–Crippen MR) is 208 cm³/mol. The molecule has 9 rings (SSSR count). The number of aromatic nitrogens is 4. The summed E-state index contributed by atoms with van der Waals surface area (Å²) >= 11 is 0. The van der Waals surface area contributed by atoms with Gasteiger partial charge in [0.1, 0.15) is 0 Å². The van der Waals surface area contributed by atoms with E-state index in [2.05, 4.69) is 134 Å². The maximum atomic E-state index is 4.97. The highest BCUT2D eigenvalue weighted by Crippen LogP contribution is 2.49. The summed E-state index contributed by atoms with van der Waals surface area (Å²) in [5.41, 5.74) is 15.3. The van der Waals surface area contributed by atoms with Crippen LogP contribution in [-0.2, 0) is 5.41 Å². The van der Waals surface area contributed by atoms with Gasteiger partial charge in [0.15, 0.2) is 17.5 Å². The number of pyridine rings is 1. The molecule has 51 heavy (non-hydrogen) atoms. The topological polar surface area (TPSA) is 51.6 Å². The summed E-state index contributed by atoms with van der Waals surface area (Å²) in [5.74, 6) is 1.92. The van der Waals surface area contributed by atoms with Crippen molar-refractivity contribution in [1.82, 2.24) is 19.9 Å². The highest BCUT2D eigenvalue weighted by atomic mass is 15.0. The zero-order valence-corrected chi connectivity index (χ0v) is 28.5. The minimum atomic E-state index is -0.0180. The number of rotatable bonds is 6. The van der Waals surface area contributed by atoms with Gasteiger partial charge in [-0.25, -0.2) is 15.0 Å². The number of nitrogens with zero attached hydrogens (tertiary/aromatic N) is 4. The van der Waals surface area contributed by atoms with Gasteiger partial charge in [-0.3, -0.25) is 4.98 Å². The summed E-state index contributed by atoms with van der Waals surface area (Å²) in [6.07, 6.45) is 3.62. The van der Waals surface area contributed by atoms with Gasteiger partial charge in [0, 0.05) is 34.5 Å². The van der Waals surface area contributed by atoms with E-state index >= 15 is 0 Å². The van der Waals surface area contributed by atoms with E-state index in [4.69, 9.17) is 15.0 Å². The summed E-state index contributed by atoms with van der Waals surface area (Å²) in [5, 5.41) is 0. The van der Waals surface area contributed by atoms with Crippen molar-refractivity contribution in [2.24, 2.45) is 0 Å². The van der Waals surface area contributed by atoms with Crippen LogP contribution in [0, 0.1) is 0 Å². The molecule has 0 radical (unpaired) electrons. The molecule has 0 bridgehead atoms. The minimum absolute atomic E-state index is 0.0180. The highest BCUT2D eigenvalue weighted by molar-refractivity contribution is 5.84. The maximum absolute atomic E-state index is 4.97. The maximum Gasteiger partial charge on any atom is 0.164 e. The van der Waals surface area contributed by atoms with Gasteiger partial charge >= 0.3 is 0 Å². The molecule has 0 N–H and O–H groups in total. The van der Waals surface area contributed by atoms with E-state index in [1.54, 1.807) is 0 Å². The standard InChI is InChI=1S/C47H34N4/c1-47(2)42-11-7-6-10-40(42)41-25-24-39(30-43(41)47)34-14-12-31(13-15-34)32-16-20-37(21-17-32)45-49-44(36-8-4-3-5-9-36)50-46(51-45)38-22-18-33(19-23-38)35-26-28-48-29-27-35/h3-30H,1-2H3. The fourth-order valence-corrected chi connectivity index (χ4v) is 7.26. The van der Waals surface area contributed by atoms with Crippen molar-refractivity contribution in [3.05, 3.63) is 181 Å². The number of fused-ring (bicyclic) bond motifs is 3. The monoisotopic (exact) mass is 654 g/mol. The lowest BCUT2D eigenvalue weighted by molar-refractivity contribution is 0.660. The third kappa shape index (κ3) is 5.61. The fourth-order valence-electron chi connectivity index (χ4n) is 7.26. The van der Waals surface area contributed by atoms with Gasteiger partial charge in [0.05, 0.1) is 0 Å². The molecule has 0 amide bonds. The third-order valence-electron chi connectivity index (χ3n) is 10.1. The van der Waals surface area contributed by atoms with E-state index in [0.717, 1.165) is 38.9 Å². The average Bonchev–Trinajstić information content (AvgIpc) is 3.44. The van der Waals surface area contributed by atoms with Crippen LogP contribution in [0.4, 0.5) is 0 Å². The molecule has 2 heterocycles. The lowest BCUT2D eigenvalue weighted by Crippen LogP contribution is -2.14. The normalized spacial score (nSPS) is 12.7. The quantitative estimate of drug-likeness (QED) is 0.179. The number of hydrogen-bond acceptors (Lipinski definition) is 4. The molecule has 0 fully saturated rings. The molecule has 8 aromatic rings. The lowest BCUT2D eigenvalue weighted by Gasteiger charge is -2.22. The summed E-state index contributed by atoms with van der Waals surface area (Å²) in [6.45, 7) is 4.66. The Labute approximate surface area is 298 Å². The molecule has 0 saturated carbocycles. The van der Waals surface area contributed by atoms with Crippen molar-refractivity contribution in [2.45, 2.75) is 19.3 Å². The van der Waals surface area contributed by atoms with Crippen LogP contribution in [0.3, 0.4) is 0 Å². The van der Waals surface area contributed by atoms with Crippen molar-refractivity contribution in [3.63, 3.8) is 0 Å². The van der Waals surface area contributed by atoms with Crippen LogP contribution >= 0.6 is 0 Å².